The molecule has 5 heteroatoms. The van der Waals surface area contributed by atoms with Crippen molar-refractivity contribution in [2.45, 2.75) is 39.2 Å². The summed E-state index contributed by atoms with van der Waals surface area (Å²) in [5, 5.41) is 3.07. The van der Waals surface area contributed by atoms with Gasteiger partial charge in [0.2, 0.25) is 5.91 Å². The lowest BCUT2D eigenvalue weighted by atomic mass is 10.0. The lowest BCUT2D eigenvalue weighted by Gasteiger charge is -2.17. The van der Waals surface area contributed by atoms with E-state index in [1.54, 1.807) is 18.3 Å². The number of hydrogen-bond donors (Lipinski definition) is 1. The van der Waals surface area contributed by atoms with Crippen LogP contribution in [0.15, 0.2) is 59.1 Å². The van der Waals surface area contributed by atoms with Gasteiger partial charge >= 0.3 is 0 Å². The molecule has 0 bridgehead atoms. The minimum atomic E-state index is -0.297. The van der Waals surface area contributed by atoms with Crippen LogP contribution < -0.4 is 5.32 Å². The van der Waals surface area contributed by atoms with E-state index >= 15 is 0 Å². The first-order valence-electron chi connectivity index (χ1n) is 9.11. The Labute approximate surface area is 158 Å². The average Bonchev–Trinajstić information content (AvgIpc) is 3.15. The summed E-state index contributed by atoms with van der Waals surface area (Å²) in [5.74, 6) is 0.725. The van der Waals surface area contributed by atoms with Crippen LogP contribution in [0.4, 0.5) is 4.39 Å². The fraction of sp³-hybridized carbons (Fsp3) is 0.273. The highest BCUT2D eigenvalue weighted by atomic mass is 19.1. The van der Waals surface area contributed by atoms with Crippen molar-refractivity contribution in [3.63, 3.8) is 0 Å². The minimum Gasteiger partial charge on any atom is -0.441 e. The molecule has 1 amide bonds. The largest absolute Gasteiger partial charge is 0.441 e. The van der Waals surface area contributed by atoms with Crippen molar-refractivity contribution in [1.82, 2.24) is 10.3 Å². The second kappa shape index (κ2) is 8.62. The number of nitrogens with zero attached hydrogens (tertiary/aromatic N) is 1. The molecule has 0 radical (unpaired) electrons. The van der Waals surface area contributed by atoms with E-state index < -0.39 is 0 Å². The normalized spacial score (nSPS) is 12.0. The fourth-order valence-corrected chi connectivity index (χ4v) is 2.88. The van der Waals surface area contributed by atoms with Gasteiger partial charge in [0.05, 0.1) is 12.2 Å². The molecular weight excluding hydrogens is 343 g/mol. The van der Waals surface area contributed by atoms with Crippen LogP contribution in [0.1, 0.15) is 42.8 Å². The predicted octanol–water partition coefficient (Wildman–Crippen LogP) is 4.99. The Bertz CT molecular complexity index is 885. The number of halogens is 1. The van der Waals surface area contributed by atoms with Gasteiger partial charge < -0.3 is 9.73 Å². The molecule has 0 spiro atoms. The lowest BCUT2D eigenvalue weighted by molar-refractivity contribution is -0.121. The van der Waals surface area contributed by atoms with Gasteiger partial charge in [0.25, 0.3) is 0 Å². The Kier molecular flexibility index (Phi) is 6.01. The van der Waals surface area contributed by atoms with Crippen LogP contribution in [0, 0.1) is 12.7 Å². The summed E-state index contributed by atoms with van der Waals surface area (Å²) >= 11 is 0. The Morgan fingerprint density at radius 1 is 1.15 bits per heavy atom. The van der Waals surface area contributed by atoms with Crippen LogP contribution in [0.5, 0.6) is 0 Å². The van der Waals surface area contributed by atoms with Crippen LogP contribution in [0.25, 0.3) is 11.3 Å². The third kappa shape index (κ3) is 5.03. The van der Waals surface area contributed by atoms with Gasteiger partial charge in [-0.1, -0.05) is 36.8 Å². The molecule has 0 aliphatic heterocycles. The molecule has 1 heterocycles. The van der Waals surface area contributed by atoms with Crippen LogP contribution in [0.2, 0.25) is 0 Å². The van der Waals surface area contributed by atoms with E-state index in [4.69, 9.17) is 4.42 Å². The molecule has 1 atom stereocenters. The highest BCUT2D eigenvalue weighted by Gasteiger charge is 2.14. The molecule has 1 N–H and O–H groups in total. The van der Waals surface area contributed by atoms with E-state index in [0.717, 1.165) is 17.5 Å². The van der Waals surface area contributed by atoms with Crippen molar-refractivity contribution in [2.24, 2.45) is 0 Å². The quantitative estimate of drug-likeness (QED) is 0.641. The van der Waals surface area contributed by atoms with Gasteiger partial charge in [-0.2, -0.15) is 0 Å². The standard InChI is InChI=1S/C22H23FN2O2/c1-3-19(16-6-4-15(2)5-7-16)25-21(26)12-13-22-24-14-20(27-22)17-8-10-18(23)11-9-17/h4-11,14,19H,3,12-13H2,1-2H3,(H,25,26)/t19-/m0/s1. The van der Waals surface area contributed by atoms with Gasteiger partial charge in [-0.3, -0.25) is 4.79 Å². The average molecular weight is 366 g/mol. The summed E-state index contributed by atoms with van der Waals surface area (Å²) < 4.78 is 18.7. The monoisotopic (exact) mass is 366 g/mol. The van der Waals surface area contributed by atoms with Gasteiger partial charge in [0.1, 0.15) is 5.82 Å². The first-order valence-corrected chi connectivity index (χ1v) is 9.11. The molecule has 140 valence electrons. The molecule has 2 aromatic carbocycles. The van der Waals surface area contributed by atoms with Gasteiger partial charge in [0.15, 0.2) is 11.7 Å². The van der Waals surface area contributed by atoms with Crippen LogP contribution >= 0.6 is 0 Å². The van der Waals surface area contributed by atoms with Gasteiger partial charge in [-0.25, -0.2) is 9.37 Å². The summed E-state index contributed by atoms with van der Waals surface area (Å²) in [7, 11) is 0. The van der Waals surface area contributed by atoms with Gasteiger partial charge in [0, 0.05) is 18.4 Å². The molecule has 0 saturated carbocycles. The highest BCUT2D eigenvalue weighted by Crippen LogP contribution is 2.21. The maximum absolute atomic E-state index is 13.0. The van der Waals surface area contributed by atoms with Crippen LogP contribution in [0.3, 0.4) is 0 Å². The molecule has 27 heavy (non-hydrogen) atoms. The number of carbonyl (C=O) groups excluding carboxylic acids is 1. The Morgan fingerprint density at radius 3 is 2.52 bits per heavy atom. The van der Waals surface area contributed by atoms with Crippen molar-refractivity contribution in [1.29, 1.82) is 0 Å². The van der Waals surface area contributed by atoms with E-state index in [1.807, 2.05) is 38.1 Å². The second-order valence-electron chi connectivity index (χ2n) is 6.56. The molecule has 0 aliphatic rings. The molecule has 0 unspecified atom stereocenters. The summed E-state index contributed by atoms with van der Waals surface area (Å²) in [5.41, 5.74) is 3.05. The maximum atomic E-state index is 13.0. The zero-order valence-electron chi connectivity index (χ0n) is 15.5. The number of hydrogen-bond acceptors (Lipinski definition) is 3. The highest BCUT2D eigenvalue weighted by molar-refractivity contribution is 5.76. The second-order valence-corrected chi connectivity index (χ2v) is 6.56. The number of amides is 1. The van der Waals surface area contributed by atoms with E-state index in [2.05, 4.69) is 10.3 Å². The fourth-order valence-electron chi connectivity index (χ4n) is 2.88. The van der Waals surface area contributed by atoms with E-state index in [0.29, 0.717) is 24.5 Å². The zero-order chi connectivity index (χ0) is 19.2. The first-order chi connectivity index (χ1) is 13.0. The van der Waals surface area contributed by atoms with E-state index in [-0.39, 0.29) is 17.8 Å². The van der Waals surface area contributed by atoms with Gasteiger partial charge in [-0.05, 0) is 43.2 Å². The third-order valence-corrected chi connectivity index (χ3v) is 4.47. The first kappa shape index (κ1) is 18.8. The summed E-state index contributed by atoms with van der Waals surface area (Å²) in [6.45, 7) is 4.09. The lowest BCUT2D eigenvalue weighted by Crippen LogP contribution is -2.28. The van der Waals surface area contributed by atoms with Crippen molar-refractivity contribution in [3.8, 4) is 11.3 Å². The molecule has 1 aromatic heterocycles. The number of aromatic nitrogens is 1. The van der Waals surface area contributed by atoms with Crippen molar-refractivity contribution < 1.29 is 13.6 Å². The SMILES string of the molecule is CC[C@H](NC(=O)CCc1ncc(-c2ccc(F)cc2)o1)c1ccc(C)cc1. The van der Waals surface area contributed by atoms with Gasteiger partial charge in [-0.15, -0.1) is 0 Å². The number of rotatable bonds is 7. The van der Waals surface area contributed by atoms with E-state index in [9.17, 15) is 9.18 Å². The molecule has 0 aliphatic carbocycles. The number of benzene rings is 2. The Balaban J connectivity index is 1.55. The smallest absolute Gasteiger partial charge is 0.220 e. The molecule has 0 fully saturated rings. The van der Waals surface area contributed by atoms with Crippen molar-refractivity contribution >= 4 is 5.91 Å². The molecule has 4 nitrogen and oxygen atoms in total. The zero-order valence-corrected chi connectivity index (χ0v) is 15.5. The molecule has 0 saturated heterocycles. The predicted molar refractivity (Wildman–Crippen MR) is 103 cm³/mol. The van der Waals surface area contributed by atoms with Crippen molar-refractivity contribution in [2.75, 3.05) is 0 Å². The minimum absolute atomic E-state index is 0.00237. The summed E-state index contributed by atoms with van der Waals surface area (Å²) in [6.07, 6.45) is 3.13. The van der Waals surface area contributed by atoms with Crippen molar-refractivity contribution in [3.05, 3.63) is 77.6 Å². The van der Waals surface area contributed by atoms with Crippen LogP contribution in [-0.2, 0) is 11.2 Å². The third-order valence-electron chi connectivity index (χ3n) is 4.47. The number of aryl methyl sites for hydroxylation is 2. The Morgan fingerprint density at radius 2 is 1.85 bits per heavy atom. The Hall–Kier alpha value is -2.95. The summed E-state index contributed by atoms with van der Waals surface area (Å²) in [6, 6.07) is 14.2. The number of oxazole rings is 1. The number of nitrogens with one attached hydrogen (secondary N) is 1. The molecule has 3 aromatic rings. The van der Waals surface area contributed by atoms with E-state index in [1.165, 1.54) is 17.7 Å². The topological polar surface area (TPSA) is 55.1 Å². The molecule has 3 rings (SSSR count). The summed E-state index contributed by atoms with van der Waals surface area (Å²) in [4.78, 5) is 16.5. The molecular formula is C22H23FN2O2. The maximum Gasteiger partial charge on any atom is 0.220 e. The van der Waals surface area contributed by atoms with Crippen LogP contribution in [-0.4, -0.2) is 10.9 Å². The number of carbonyl (C=O) groups is 1.